The second kappa shape index (κ2) is 14.9. The molecule has 4 atom stereocenters. The molecule has 52 heavy (non-hydrogen) atoms. The van der Waals surface area contributed by atoms with E-state index in [9.17, 15) is 14.4 Å². The number of amides is 1. The van der Waals surface area contributed by atoms with Gasteiger partial charge in [-0.15, -0.1) is 0 Å². The van der Waals surface area contributed by atoms with Gasteiger partial charge in [-0.3, -0.25) is 14.6 Å². The number of likely N-dealkylation sites (tertiary alicyclic amines) is 1. The van der Waals surface area contributed by atoms with Crippen LogP contribution in [-0.2, 0) is 28.0 Å². The summed E-state index contributed by atoms with van der Waals surface area (Å²) in [5.74, 6) is 1.23. The molecule has 6 aliphatic rings. The van der Waals surface area contributed by atoms with Crippen molar-refractivity contribution in [2.75, 3.05) is 71.0 Å². The maximum Gasteiger partial charge on any atom is 0.321 e. The largest absolute Gasteiger partial charge is 0.466 e. The lowest BCUT2D eigenvalue weighted by atomic mass is 9.75. The van der Waals surface area contributed by atoms with Crippen LogP contribution in [0.15, 0.2) is 36.4 Å². The fraction of sp³-hybridized carbons (Fsp3) is 0.650. The Kier molecular flexibility index (Phi) is 10.1. The lowest BCUT2D eigenvalue weighted by molar-refractivity contribution is -0.128. The van der Waals surface area contributed by atoms with E-state index in [1.54, 1.807) is 13.2 Å². The lowest BCUT2D eigenvalue weighted by Crippen LogP contribution is -2.55. The number of benzene rings is 1. The highest BCUT2D eigenvalue weighted by molar-refractivity contribution is 5.88. The number of nitrogens with zero attached hydrogens (tertiary/aromatic N) is 7. The number of alkyl halides is 1. The third kappa shape index (κ3) is 6.88. The number of aryl methyl sites for hydroxylation is 1. The Labute approximate surface area is 306 Å². The third-order valence-corrected chi connectivity index (χ3v) is 12.6. The normalized spacial score (nSPS) is 29.5. The summed E-state index contributed by atoms with van der Waals surface area (Å²) in [5.41, 5.74) is 2.72. The number of anilines is 1. The number of halogens is 1. The zero-order chi connectivity index (χ0) is 35.7. The third-order valence-electron chi connectivity index (χ3n) is 12.6. The number of hydrogen-bond donors (Lipinski definition) is 0. The molecule has 4 fully saturated rings. The summed E-state index contributed by atoms with van der Waals surface area (Å²) >= 11 is 0. The molecule has 0 radical (unpaired) electrons. The van der Waals surface area contributed by atoms with E-state index in [0.717, 1.165) is 95.3 Å². The highest BCUT2D eigenvalue weighted by Crippen LogP contribution is 2.48. The van der Waals surface area contributed by atoms with Gasteiger partial charge in [0.05, 0.1) is 35.7 Å². The Bertz CT molecular complexity index is 1690. The molecule has 12 heteroatoms. The predicted octanol–water partition coefficient (Wildman–Crippen LogP) is 4.59. The number of carbonyl (C=O) groups is 1. The fourth-order valence-electron chi connectivity index (χ4n) is 9.86. The Morgan fingerprint density at radius 1 is 1.08 bits per heavy atom. The number of ether oxygens (including phenoxy) is 3. The minimum Gasteiger partial charge on any atom is -0.466 e. The molecule has 5 aliphatic heterocycles. The zero-order valence-electron chi connectivity index (χ0n) is 30.5. The van der Waals surface area contributed by atoms with Crippen molar-refractivity contribution >= 4 is 11.7 Å². The standard InChI is InChI=1S/C40H52FN7O4/c1-50-32-13-21-45(22-14-32)19-5-10-35(49)48-24-23-46(27-31(48)12-18-42)36-33-11-17-40(16-4-8-29-7-2-3-9-34(29)40)52-37(33)44-38(43-36)51-28-39-15-6-20-47(39)26-30(41)25-39/h2-3,5,7,9-10,30-32H,4,6,8,11-17,19-28H2,1H3/b10-5+/t30-,31+,39+,40?/m1/s1. The van der Waals surface area contributed by atoms with Crippen molar-refractivity contribution in [3.8, 4) is 18.0 Å². The molecule has 1 amide bonds. The number of piperazine rings is 1. The first-order valence-electron chi connectivity index (χ1n) is 19.4. The first-order valence-corrected chi connectivity index (χ1v) is 19.4. The smallest absolute Gasteiger partial charge is 0.321 e. The van der Waals surface area contributed by atoms with Crippen LogP contribution >= 0.6 is 0 Å². The second-order valence-corrected chi connectivity index (χ2v) is 15.7. The van der Waals surface area contributed by atoms with E-state index in [4.69, 9.17) is 24.2 Å². The average molecular weight is 714 g/mol. The maximum atomic E-state index is 14.6. The number of aromatic nitrogens is 2. The molecule has 1 spiro atoms. The zero-order valence-corrected chi connectivity index (χ0v) is 30.5. The summed E-state index contributed by atoms with van der Waals surface area (Å²) in [5, 5.41) is 9.85. The molecule has 1 aliphatic carbocycles. The van der Waals surface area contributed by atoms with Crippen molar-refractivity contribution in [2.45, 2.75) is 100 Å². The number of piperidine rings is 1. The van der Waals surface area contributed by atoms with Crippen molar-refractivity contribution in [3.63, 3.8) is 0 Å². The molecule has 1 aromatic carbocycles. The molecule has 1 aromatic heterocycles. The minimum atomic E-state index is -0.849. The van der Waals surface area contributed by atoms with Crippen LogP contribution in [0.2, 0.25) is 0 Å². The number of carbonyl (C=O) groups excluding carboxylic acids is 1. The van der Waals surface area contributed by atoms with Crippen molar-refractivity contribution in [1.29, 1.82) is 5.26 Å². The molecule has 0 bridgehead atoms. The van der Waals surface area contributed by atoms with Crippen LogP contribution in [0, 0.1) is 11.3 Å². The van der Waals surface area contributed by atoms with Crippen LogP contribution < -0.4 is 14.4 Å². The van der Waals surface area contributed by atoms with E-state index in [2.05, 4.69) is 45.0 Å². The molecular formula is C40H52FN7O4. The summed E-state index contributed by atoms with van der Waals surface area (Å²) in [6, 6.07) is 10.9. The highest BCUT2D eigenvalue weighted by Gasteiger charge is 2.50. The Hall–Kier alpha value is -3.79. The van der Waals surface area contributed by atoms with Gasteiger partial charge in [0.15, 0.2) is 0 Å². The molecular weight excluding hydrogens is 661 g/mol. The van der Waals surface area contributed by atoms with Crippen LogP contribution in [0.3, 0.4) is 0 Å². The van der Waals surface area contributed by atoms with Gasteiger partial charge < -0.3 is 24.0 Å². The number of methoxy groups -OCH3 is 1. The van der Waals surface area contributed by atoms with Gasteiger partial charge in [0.25, 0.3) is 0 Å². The molecule has 4 saturated heterocycles. The van der Waals surface area contributed by atoms with Crippen LogP contribution in [0.25, 0.3) is 0 Å². The van der Waals surface area contributed by atoms with Crippen molar-refractivity contribution < 1.29 is 23.4 Å². The van der Waals surface area contributed by atoms with Crippen LogP contribution in [0.1, 0.15) is 74.5 Å². The number of rotatable bonds is 9. The Balaban J connectivity index is 1.03. The Morgan fingerprint density at radius 2 is 1.94 bits per heavy atom. The monoisotopic (exact) mass is 713 g/mol. The number of fused-ring (bicyclic) bond motifs is 4. The van der Waals surface area contributed by atoms with Gasteiger partial charge in [-0.1, -0.05) is 30.3 Å². The fourth-order valence-corrected chi connectivity index (χ4v) is 9.86. The SMILES string of the molecule is COC1CCN(C/C=C/C(=O)N2CCN(c3nc(OC[C@@]45CCCN4C[C@H](F)C5)nc4c3CCC3(CCCc5ccccc53)O4)C[C@@H]2CC#N)CC1. The molecule has 0 N–H and O–H groups in total. The van der Waals surface area contributed by atoms with Gasteiger partial charge in [-0.05, 0) is 75.5 Å². The lowest BCUT2D eigenvalue weighted by Gasteiger charge is -2.44. The van der Waals surface area contributed by atoms with E-state index >= 15 is 0 Å². The molecule has 2 aromatic rings. The quantitative estimate of drug-likeness (QED) is 0.343. The second-order valence-electron chi connectivity index (χ2n) is 15.7. The molecule has 6 heterocycles. The van der Waals surface area contributed by atoms with E-state index in [1.807, 2.05) is 11.0 Å². The average Bonchev–Trinajstić information content (AvgIpc) is 3.69. The predicted molar refractivity (Wildman–Crippen MR) is 194 cm³/mol. The van der Waals surface area contributed by atoms with Gasteiger partial charge in [0.2, 0.25) is 11.8 Å². The van der Waals surface area contributed by atoms with Crippen LogP contribution in [0.5, 0.6) is 11.9 Å². The molecule has 0 saturated carbocycles. The van der Waals surface area contributed by atoms with Gasteiger partial charge >= 0.3 is 6.01 Å². The van der Waals surface area contributed by atoms with Gasteiger partial charge in [-0.2, -0.15) is 15.2 Å². The summed E-state index contributed by atoms with van der Waals surface area (Å²) in [4.78, 5) is 32.1. The first kappa shape index (κ1) is 35.3. The molecule has 8 rings (SSSR count). The Morgan fingerprint density at radius 3 is 2.79 bits per heavy atom. The molecule has 1 unspecified atom stereocenters. The van der Waals surface area contributed by atoms with E-state index in [0.29, 0.717) is 51.2 Å². The summed E-state index contributed by atoms with van der Waals surface area (Å²) in [6.45, 7) is 5.79. The topological polar surface area (TPSA) is 107 Å². The summed E-state index contributed by atoms with van der Waals surface area (Å²) in [6.07, 6.45) is 12.3. The molecule has 278 valence electrons. The summed E-state index contributed by atoms with van der Waals surface area (Å²) in [7, 11) is 1.77. The maximum absolute atomic E-state index is 14.6. The van der Waals surface area contributed by atoms with Gasteiger partial charge in [-0.25, -0.2) is 4.39 Å². The van der Waals surface area contributed by atoms with Crippen molar-refractivity contribution in [3.05, 3.63) is 53.1 Å². The number of hydrogen-bond acceptors (Lipinski definition) is 10. The number of nitriles is 1. The van der Waals surface area contributed by atoms with E-state index in [1.165, 1.54) is 11.1 Å². The highest BCUT2D eigenvalue weighted by atomic mass is 19.1. The van der Waals surface area contributed by atoms with Crippen LogP contribution in [0.4, 0.5) is 10.2 Å². The van der Waals surface area contributed by atoms with Crippen LogP contribution in [-0.4, -0.2) is 121 Å². The first-order chi connectivity index (χ1) is 25.4. The minimum absolute atomic E-state index is 0.0650. The van der Waals surface area contributed by atoms with E-state index in [-0.39, 0.29) is 29.9 Å². The van der Waals surface area contributed by atoms with Crippen molar-refractivity contribution in [2.24, 2.45) is 0 Å². The van der Waals surface area contributed by atoms with Gasteiger partial charge in [0.1, 0.15) is 24.2 Å². The summed E-state index contributed by atoms with van der Waals surface area (Å²) < 4.78 is 33.6. The van der Waals surface area contributed by atoms with Crippen molar-refractivity contribution in [1.82, 2.24) is 24.7 Å². The molecule has 11 nitrogen and oxygen atoms in total. The van der Waals surface area contributed by atoms with Gasteiger partial charge in [0, 0.05) is 65.4 Å². The van der Waals surface area contributed by atoms with E-state index < -0.39 is 11.8 Å².